The molecule has 14 heteroatoms. The largest absolute Gasteiger partial charge is 0.394 e. The van der Waals surface area contributed by atoms with Crippen molar-refractivity contribution in [2.45, 2.75) is 357 Å². The van der Waals surface area contributed by atoms with Gasteiger partial charge in [0.05, 0.1) is 32.0 Å². The molecule has 0 radical (unpaired) electrons. The number of allylic oxidation sites excluding steroid dienone is 19. The van der Waals surface area contributed by atoms with Crippen LogP contribution in [0, 0.1) is 0 Å². The highest BCUT2D eigenvalue weighted by atomic mass is 16.7. The van der Waals surface area contributed by atoms with E-state index in [1.165, 1.54) is 167 Å². The Hall–Kier alpha value is -3.61. The molecule has 0 spiro atoms. The van der Waals surface area contributed by atoms with Crippen LogP contribution >= 0.6 is 0 Å². The van der Waals surface area contributed by atoms with Gasteiger partial charge in [0.1, 0.15) is 48.8 Å². The van der Waals surface area contributed by atoms with Gasteiger partial charge in [-0.15, -0.1) is 0 Å². The molecule has 9 N–H and O–H groups in total. The van der Waals surface area contributed by atoms with E-state index in [-0.39, 0.29) is 18.9 Å². The van der Waals surface area contributed by atoms with E-state index in [1.807, 2.05) is 6.08 Å². The van der Waals surface area contributed by atoms with E-state index in [0.717, 1.165) is 83.5 Å². The number of unbranched alkanes of at least 4 members (excludes halogenated alkanes) is 30. The lowest BCUT2D eigenvalue weighted by molar-refractivity contribution is -0.359. The van der Waals surface area contributed by atoms with E-state index in [4.69, 9.17) is 18.9 Å². The van der Waals surface area contributed by atoms with Gasteiger partial charge in [-0.1, -0.05) is 302 Å². The minimum atomic E-state index is -1.80. The molecule has 2 saturated heterocycles. The second kappa shape index (κ2) is 62.9. The summed E-state index contributed by atoms with van der Waals surface area (Å²) in [6, 6.07) is -0.938. The van der Waals surface area contributed by atoms with Crippen molar-refractivity contribution in [2.75, 3.05) is 19.8 Å². The molecule has 540 valence electrons. The lowest BCUT2D eigenvalue weighted by atomic mass is 9.97. The van der Waals surface area contributed by atoms with E-state index in [1.54, 1.807) is 6.08 Å². The Kier molecular flexibility index (Phi) is 57.8. The zero-order valence-electron chi connectivity index (χ0n) is 58.9. The van der Waals surface area contributed by atoms with Gasteiger partial charge < -0.3 is 65.1 Å². The highest BCUT2D eigenvalue weighted by Crippen LogP contribution is 2.30. The van der Waals surface area contributed by atoms with Crippen LogP contribution in [0.15, 0.2) is 122 Å². The molecule has 94 heavy (non-hydrogen) atoms. The van der Waals surface area contributed by atoms with Gasteiger partial charge in [0.15, 0.2) is 12.6 Å². The first kappa shape index (κ1) is 86.5. The number of carbonyl (C=O) groups excluding carboxylic acids is 1. The number of nitrogens with one attached hydrogen (secondary N) is 1. The summed E-state index contributed by atoms with van der Waals surface area (Å²) in [6.45, 7) is 2.68. The van der Waals surface area contributed by atoms with E-state index in [0.29, 0.717) is 12.8 Å². The van der Waals surface area contributed by atoms with Crippen LogP contribution in [-0.2, 0) is 23.7 Å². The van der Waals surface area contributed by atoms with Crippen molar-refractivity contribution in [1.29, 1.82) is 0 Å². The smallest absolute Gasteiger partial charge is 0.220 e. The second-order valence-corrected chi connectivity index (χ2v) is 26.0. The predicted octanol–water partition coefficient (Wildman–Crippen LogP) is 16.5. The normalized spacial score (nSPS) is 23.2. The Bertz CT molecular complexity index is 2040. The van der Waals surface area contributed by atoms with E-state index < -0.39 is 86.8 Å². The second-order valence-electron chi connectivity index (χ2n) is 26.0. The summed E-state index contributed by atoms with van der Waals surface area (Å²) >= 11 is 0. The van der Waals surface area contributed by atoms with Crippen LogP contribution in [0.3, 0.4) is 0 Å². The Balaban J connectivity index is 1.60. The maximum absolute atomic E-state index is 13.3. The SMILES string of the molecule is CC/C=C\C/C=C\C/C=C\C/C=C\C/C=C\C/C=C\C/C=C\C/C=C\CCCCCCCCCCCCCCCCCCC(=O)NC(COC1OC(CO)C(OC2OC(CO)C(O)C(O)C2O)C(O)C1O)C(O)/C=C/CC/C=C/CCCCCCCCCCCCCCC. The molecule has 0 aromatic rings. The highest BCUT2D eigenvalue weighted by Gasteiger charge is 2.51. The fraction of sp³-hybridized carbons (Fsp3) is 0.738. The average Bonchev–Trinajstić information content (AvgIpc) is 0.794. The number of hydrogen-bond acceptors (Lipinski definition) is 13. The van der Waals surface area contributed by atoms with Gasteiger partial charge in [-0.2, -0.15) is 0 Å². The van der Waals surface area contributed by atoms with Gasteiger partial charge >= 0.3 is 0 Å². The number of hydrogen-bond donors (Lipinski definition) is 9. The molecular weight excluding hydrogens is 1180 g/mol. The predicted molar refractivity (Wildman–Crippen MR) is 387 cm³/mol. The standard InChI is InChI=1S/C80H137NO13/c1-3-5-7-9-11-13-15-17-19-21-23-24-25-26-27-28-29-30-31-32-33-34-35-36-37-38-39-40-41-42-43-44-46-48-50-52-54-56-58-60-62-64-72(85)81-68(69(84)63-61-59-57-55-53-51-49-47-45-22-20-18-16-14-12-10-8-6-4-2)67-91-79-77(90)75(88)78(71(66-83)93-79)94-80-76(89)74(87)73(86)70(65-82)92-80/h5,7,11,13,17,19,23-24,26-27,29-30,32-33,35-36,53,55,61,63,68-71,73-80,82-84,86-90H,3-4,6,8-10,12,14-16,18,20-22,25,28,31,34,37-52,54,56-60,62,64-67H2,1-2H3,(H,81,85)/b7-5-,13-11-,19-17-,24-23-,27-26-,30-29-,33-32-,36-35-,55-53+,63-61+. The van der Waals surface area contributed by atoms with Gasteiger partial charge in [0.2, 0.25) is 5.91 Å². The Morgan fingerprint density at radius 3 is 1.17 bits per heavy atom. The fourth-order valence-corrected chi connectivity index (χ4v) is 11.7. The molecule has 0 aliphatic carbocycles. The van der Waals surface area contributed by atoms with Crippen LogP contribution in [0.25, 0.3) is 0 Å². The summed E-state index contributed by atoms with van der Waals surface area (Å²) in [5.41, 5.74) is 0. The molecule has 14 nitrogen and oxygen atoms in total. The number of rotatable bonds is 61. The van der Waals surface area contributed by atoms with Crippen LogP contribution in [-0.4, -0.2) is 140 Å². The van der Waals surface area contributed by atoms with Crippen molar-refractivity contribution >= 4 is 5.91 Å². The summed E-state index contributed by atoms with van der Waals surface area (Å²) in [7, 11) is 0. The molecular formula is C80H137NO13. The molecule has 0 bridgehead atoms. The third-order valence-corrected chi connectivity index (χ3v) is 17.6. The number of aliphatic hydroxyl groups excluding tert-OH is 8. The highest BCUT2D eigenvalue weighted by molar-refractivity contribution is 5.76. The fourth-order valence-electron chi connectivity index (χ4n) is 11.7. The zero-order valence-corrected chi connectivity index (χ0v) is 58.9. The Labute approximate surface area is 571 Å². The summed E-state index contributed by atoms with van der Waals surface area (Å²) in [5.74, 6) is -0.250. The Morgan fingerprint density at radius 2 is 0.745 bits per heavy atom. The third-order valence-electron chi connectivity index (χ3n) is 17.6. The molecule has 2 aliphatic heterocycles. The summed E-state index contributed by atoms with van der Waals surface area (Å²) < 4.78 is 22.8. The molecule has 12 atom stereocenters. The van der Waals surface area contributed by atoms with Crippen LogP contribution in [0.1, 0.15) is 284 Å². The van der Waals surface area contributed by atoms with Gasteiger partial charge in [0, 0.05) is 6.42 Å². The van der Waals surface area contributed by atoms with Crippen LogP contribution in [0.2, 0.25) is 0 Å². The number of aliphatic hydroxyl groups is 8. The van der Waals surface area contributed by atoms with Gasteiger partial charge in [-0.05, 0) is 96.3 Å². The Morgan fingerprint density at radius 1 is 0.394 bits per heavy atom. The van der Waals surface area contributed by atoms with Crippen LogP contribution < -0.4 is 5.32 Å². The van der Waals surface area contributed by atoms with Crippen molar-refractivity contribution in [1.82, 2.24) is 5.32 Å². The maximum Gasteiger partial charge on any atom is 0.220 e. The maximum atomic E-state index is 13.3. The van der Waals surface area contributed by atoms with Crippen LogP contribution in [0.5, 0.6) is 0 Å². The van der Waals surface area contributed by atoms with Crippen molar-refractivity contribution in [3.63, 3.8) is 0 Å². The molecule has 2 aliphatic rings. The molecule has 2 rings (SSSR count). The average molecular weight is 1320 g/mol. The summed E-state index contributed by atoms with van der Waals surface area (Å²) in [5, 5.41) is 87.5. The van der Waals surface area contributed by atoms with E-state index in [9.17, 15) is 45.6 Å². The first-order chi connectivity index (χ1) is 46.1. The molecule has 1 amide bonds. The minimum Gasteiger partial charge on any atom is -0.394 e. The van der Waals surface area contributed by atoms with Gasteiger partial charge in [-0.25, -0.2) is 0 Å². The first-order valence-corrected chi connectivity index (χ1v) is 37.8. The van der Waals surface area contributed by atoms with Crippen molar-refractivity contribution in [3.05, 3.63) is 122 Å². The number of carbonyl (C=O) groups is 1. The molecule has 2 heterocycles. The minimum absolute atomic E-state index is 0.250. The zero-order chi connectivity index (χ0) is 68.0. The monoisotopic (exact) mass is 1320 g/mol. The molecule has 0 aromatic carbocycles. The first-order valence-electron chi connectivity index (χ1n) is 37.8. The summed E-state index contributed by atoms with van der Waals surface area (Å²) in [4.78, 5) is 13.3. The lowest BCUT2D eigenvalue weighted by Crippen LogP contribution is -2.65. The van der Waals surface area contributed by atoms with Crippen molar-refractivity contribution in [2.24, 2.45) is 0 Å². The molecule has 2 fully saturated rings. The van der Waals surface area contributed by atoms with Crippen LogP contribution in [0.4, 0.5) is 0 Å². The van der Waals surface area contributed by atoms with Crippen molar-refractivity contribution in [3.8, 4) is 0 Å². The topological polar surface area (TPSA) is 228 Å². The van der Waals surface area contributed by atoms with Gasteiger partial charge in [0.25, 0.3) is 0 Å². The number of ether oxygens (including phenoxy) is 4. The molecule has 0 aromatic heterocycles. The number of amides is 1. The molecule has 0 saturated carbocycles. The lowest BCUT2D eigenvalue weighted by Gasteiger charge is -2.46. The summed E-state index contributed by atoms with van der Waals surface area (Å²) in [6.07, 6.45) is 75.5. The third kappa shape index (κ3) is 45.8. The quantitative estimate of drug-likeness (QED) is 0.0204. The molecule has 12 unspecified atom stereocenters. The van der Waals surface area contributed by atoms with E-state index in [2.05, 4.69) is 129 Å². The van der Waals surface area contributed by atoms with E-state index >= 15 is 0 Å². The van der Waals surface area contributed by atoms with Gasteiger partial charge in [-0.3, -0.25) is 4.79 Å². The van der Waals surface area contributed by atoms with Crippen molar-refractivity contribution < 1.29 is 64.6 Å².